The van der Waals surface area contributed by atoms with Crippen LogP contribution in [0.1, 0.15) is 45.5 Å². The Labute approximate surface area is 149 Å². The quantitative estimate of drug-likeness (QED) is 0.746. The largest absolute Gasteiger partial charge is 0.444 e. The molecule has 1 saturated heterocycles. The molecule has 1 aromatic carbocycles. The number of benzene rings is 1. The van der Waals surface area contributed by atoms with E-state index in [4.69, 9.17) is 9.26 Å². The van der Waals surface area contributed by atoms with Gasteiger partial charge in [0.2, 0.25) is 11.7 Å². The monoisotopic (exact) mass is 393 g/mol. The number of nitrogens with zero attached hydrogens (tertiary/aromatic N) is 3. The van der Waals surface area contributed by atoms with Crippen LogP contribution in [0.25, 0.3) is 11.4 Å². The highest BCUT2D eigenvalue weighted by molar-refractivity contribution is 9.10. The molecular weight excluding hydrogens is 374 g/mol. The number of hydrogen-bond donors (Lipinski definition) is 0. The number of carbonyl (C=O) groups is 1. The van der Waals surface area contributed by atoms with Crippen LogP contribution in [-0.2, 0) is 4.74 Å². The lowest BCUT2D eigenvalue weighted by molar-refractivity contribution is 0.0199. The first kappa shape index (κ1) is 17.0. The second kappa shape index (κ2) is 6.55. The van der Waals surface area contributed by atoms with E-state index in [-0.39, 0.29) is 12.1 Å². The Morgan fingerprint density at radius 2 is 2.21 bits per heavy atom. The molecule has 1 aromatic heterocycles. The van der Waals surface area contributed by atoms with Crippen molar-refractivity contribution in [2.75, 3.05) is 6.54 Å². The van der Waals surface area contributed by atoms with Gasteiger partial charge in [0.15, 0.2) is 0 Å². The number of halogens is 1. The fraction of sp³-hybridized carbons (Fsp3) is 0.471. The van der Waals surface area contributed by atoms with Gasteiger partial charge in [-0.05, 0) is 45.7 Å². The third kappa shape index (κ3) is 3.77. The molecule has 7 heteroatoms. The number of carbonyl (C=O) groups excluding carboxylic acids is 1. The molecule has 0 radical (unpaired) electrons. The molecule has 2 heterocycles. The second-order valence-corrected chi connectivity index (χ2v) is 7.71. The fourth-order valence-electron chi connectivity index (χ4n) is 2.68. The number of rotatable bonds is 2. The molecule has 0 bridgehead atoms. The average Bonchev–Trinajstić information content (AvgIpc) is 3.14. The SMILES string of the molecule is CC(C)(C)OC(=O)N1CCCC1c1nc(-c2cccc(Br)c2)no1. The van der Waals surface area contributed by atoms with Crippen LogP contribution in [0.4, 0.5) is 4.79 Å². The van der Waals surface area contributed by atoms with Gasteiger partial charge in [0, 0.05) is 16.6 Å². The van der Waals surface area contributed by atoms with Crippen molar-refractivity contribution in [2.24, 2.45) is 0 Å². The summed E-state index contributed by atoms with van der Waals surface area (Å²) in [6, 6.07) is 7.46. The Morgan fingerprint density at radius 1 is 1.42 bits per heavy atom. The number of ether oxygens (including phenoxy) is 1. The van der Waals surface area contributed by atoms with Crippen LogP contribution in [0.3, 0.4) is 0 Å². The summed E-state index contributed by atoms with van der Waals surface area (Å²) in [5.74, 6) is 0.968. The van der Waals surface area contributed by atoms with Crippen LogP contribution >= 0.6 is 15.9 Å². The fourth-order valence-corrected chi connectivity index (χ4v) is 3.08. The molecular formula is C17H20BrN3O3. The van der Waals surface area contributed by atoms with E-state index in [0.717, 1.165) is 22.9 Å². The molecule has 0 aliphatic carbocycles. The first-order valence-corrected chi connectivity index (χ1v) is 8.72. The molecule has 1 aliphatic rings. The third-order valence-corrected chi connectivity index (χ3v) is 4.18. The lowest BCUT2D eigenvalue weighted by Crippen LogP contribution is -2.36. The van der Waals surface area contributed by atoms with Crippen molar-refractivity contribution in [3.05, 3.63) is 34.6 Å². The Bertz CT molecular complexity index is 739. The zero-order chi connectivity index (χ0) is 17.3. The minimum Gasteiger partial charge on any atom is -0.444 e. The first-order valence-electron chi connectivity index (χ1n) is 7.93. The first-order chi connectivity index (χ1) is 11.3. The Kier molecular flexibility index (Phi) is 4.62. The van der Waals surface area contributed by atoms with Gasteiger partial charge in [0.1, 0.15) is 11.6 Å². The molecule has 24 heavy (non-hydrogen) atoms. The minimum absolute atomic E-state index is 0.228. The van der Waals surface area contributed by atoms with Gasteiger partial charge in [0.25, 0.3) is 0 Å². The highest BCUT2D eigenvalue weighted by Crippen LogP contribution is 2.33. The summed E-state index contributed by atoms with van der Waals surface area (Å²) in [6.07, 6.45) is 1.34. The average molecular weight is 394 g/mol. The molecule has 3 rings (SSSR count). The molecule has 2 aromatic rings. The topological polar surface area (TPSA) is 68.5 Å². The van der Waals surface area contributed by atoms with E-state index in [2.05, 4.69) is 26.1 Å². The van der Waals surface area contributed by atoms with Crippen LogP contribution in [0.15, 0.2) is 33.3 Å². The Hall–Kier alpha value is -1.89. The summed E-state index contributed by atoms with van der Waals surface area (Å²) in [5.41, 5.74) is 0.335. The van der Waals surface area contributed by atoms with Crippen molar-refractivity contribution in [2.45, 2.75) is 45.3 Å². The molecule has 6 nitrogen and oxygen atoms in total. The number of likely N-dealkylation sites (tertiary alicyclic amines) is 1. The third-order valence-electron chi connectivity index (χ3n) is 3.69. The van der Waals surface area contributed by atoms with E-state index in [1.807, 2.05) is 45.0 Å². The van der Waals surface area contributed by atoms with Gasteiger partial charge in [-0.1, -0.05) is 33.2 Å². The lowest BCUT2D eigenvalue weighted by atomic mass is 10.2. The Balaban J connectivity index is 1.80. The molecule has 1 amide bonds. The summed E-state index contributed by atoms with van der Waals surface area (Å²) < 4.78 is 11.8. The molecule has 0 saturated carbocycles. The summed E-state index contributed by atoms with van der Waals surface area (Å²) in [6.45, 7) is 6.20. The van der Waals surface area contributed by atoms with Crippen LogP contribution in [0, 0.1) is 0 Å². The Morgan fingerprint density at radius 3 is 2.92 bits per heavy atom. The summed E-state index contributed by atoms with van der Waals surface area (Å²) in [4.78, 5) is 18.5. The highest BCUT2D eigenvalue weighted by Gasteiger charge is 2.36. The van der Waals surface area contributed by atoms with E-state index in [9.17, 15) is 4.79 Å². The maximum absolute atomic E-state index is 12.4. The predicted molar refractivity (Wildman–Crippen MR) is 92.3 cm³/mol. The zero-order valence-corrected chi connectivity index (χ0v) is 15.5. The molecule has 0 spiro atoms. The molecule has 128 valence electrons. The highest BCUT2D eigenvalue weighted by atomic mass is 79.9. The van der Waals surface area contributed by atoms with Crippen molar-refractivity contribution in [1.29, 1.82) is 0 Å². The van der Waals surface area contributed by atoms with E-state index < -0.39 is 5.60 Å². The van der Waals surface area contributed by atoms with E-state index >= 15 is 0 Å². The minimum atomic E-state index is -0.527. The summed E-state index contributed by atoms with van der Waals surface area (Å²) in [7, 11) is 0. The van der Waals surface area contributed by atoms with Crippen LogP contribution in [0.5, 0.6) is 0 Å². The van der Waals surface area contributed by atoms with Gasteiger partial charge in [-0.15, -0.1) is 0 Å². The van der Waals surface area contributed by atoms with Crippen LogP contribution in [-0.4, -0.2) is 33.3 Å². The summed E-state index contributed by atoms with van der Waals surface area (Å²) >= 11 is 3.43. The molecule has 1 fully saturated rings. The van der Waals surface area contributed by atoms with Crippen LogP contribution in [0.2, 0.25) is 0 Å². The van der Waals surface area contributed by atoms with E-state index in [1.165, 1.54) is 0 Å². The van der Waals surface area contributed by atoms with Crippen molar-refractivity contribution in [3.8, 4) is 11.4 Å². The van der Waals surface area contributed by atoms with Gasteiger partial charge in [-0.25, -0.2) is 4.79 Å². The smallest absolute Gasteiger partial charge is 0.410 e. The number of hydrogen-bond acceptors (Lipinski definition) is 5. The summed E-state index contributed by atoms with van der Waals surface area (Å²) in [5, 5.41) is 4.05. The second-order valence-electron chi connectivity index (χ2n) is 6.80. The van der Waals surface area contributed by atoms with Crippen molar-refractivity contribution in [1.82, 2.24) is 15.0 Å². The van der Waals surface area contributed by atoms with E-state index in [1.54, 1.807) is 4.90 Å². The van der Waals surface area contributed by atoms with Gasteiger partial charge < -0.3 is 9.26 Å². The maximum atomic E-state index is 12.4. The normalized spacial score (nSPS) is 18.0. The molecule has 1 unspecified atom stereocenters. The predicted octanol–water partition coefficient (Wildman–Crippen LogP) is 4.57. The maximum Gasteiger partial charge on any atom is 0.410 e. The van der Waals surface area contributed by atoms with Gasteiger partial charge in [0.05, 0.1) is 0 Å². The zero-order valence-electron chi connectivity index (χ0n) is 14.0. The van der Waals surface area contributed by atoms with Crippen molar-refractivity contribution in [3.63, 3.8) is 0 Å². The van der Waals surface area contributed by atoms with Gasteiger partial charge in [-0.3, -0.25) is 4.90 Å². The number of aromatic nitrogens is 2. The van der Waals surface area contributed by atoms with Gasteiger partial charge >= 0.3 is 6.09 Å². The van der Waals surface area contributed by atoms with Gasteiger partial charge in [-0.2, -0.15) is 4.98 Å². The van der Waals surface area contributed by atoms with E-state index in [0.29, 0.717) is 18.3 Å². The molecule has 1 aliphatic heterocycles. The lowest BCUT2D eigenvalue weighted by Gasteiger charge is -2.26. The number of amides is 1. The van der Waals surface area contributed by atoms with Crippen molar-refractivity contribution >= 4 is 22.0 Å². The van der Waals surface area contributed by atoms with Crippen molar-refractivity contribution < 1.29 is 14.1 Å². The molecule has 1 atom stereocenters. The standard InChI is InChI=1S/C17H20BrN3O3/c1-17(2,3)23-16(22)21-9-5-8-13(21)15-19-14(20-24-15)11-6-4-7-12(18)10-11/h4,6-7,10,13H,5,8-9H2,1-3H3. The van der Waals surface area contributed by atoms with Crippen LogP contribution < -0.4 is 0 Å². The molecule has 0 N–H and O–H groups in total.